The topological polar surface area (TPSA) is 55.1 Å². The highest BCUT2D eigenvalue weighted by atomic mass is 16.1. The minimum absolute atomic E-state index is 0.0669. The van der Waals surface area contributed by atoms with Gasteiger partial charge in [0.05, 0.1) is 0 Å². The summed E-state index contributed by atoms with van der Waals surface area (Å²) >= 11 is 0. The number of amides is 1. The molecule has 0 aliphatic heterocycles. The third-order valence-corrected chi connectivity index (χ3v) is 3.62. The van der Waals surface area contributed by atoms with Crippen molar-refractivity contribution in [3.05, 3.63) is 0 Å². The average Bonchev–Trinajstić information content (AvgIpc) is 2.19. The van der Waals surface area contributed by atoms with Crippen LogP contribution in [0.4, 0.5) is 0 Å². The molecule has 1 aliphatic carbocycles. The molecule has 0 aromatic carbocycles. The number of rotatable bonds is 3. The Hall–Kier alpha value is -0.570. The Labute approximate surface area is 92.8 Å². The van der Waals surface area contributed by atoms with Gasteiger partial charge >= 0.3 is 0 Å². The van der Waals surface area contributed by atoms with Gasteiger partial charge in [0.2, 0.25) is 5.91 Å². The Morgan fingerprint density at radius 1 is 1.53 bits per heavy atom. The van der Waals surface area contributed by atoms with E-state index in [1.54, 1.807) is 0 Å². The first-order valence-electron chi connectivity index (χ1n) is 5.98. The minimum atomic E-state index is -0.0669. The molecular weight excluding hydrogens is 188 g/mol. The van der Waals surface area contributed by atoms with E-state index in [2.05, 4.69) is 19.2 Å². The molecular formula is C12H24N2O. The minimum Gasteiger partial charge on any atom is -0.353 e. The second-order valence-electron chi connectivity index (χ2n) is 5.43. The molecule has 0 aromatic heterocycles. The van der Waals surface area contributed by atoms with Gasteiger partial charge in [-0.2, -0.15) is 0 Å². The molecule has 1 rings (SSSR count). The Morgan fingerprint density at radius 3 is 2.73 bits per heavy atom. The molecule has 3 heteroatoms. The molecule has 0 aromatic rings. The van der Waals surface area contributed by atoms with Gasteiger partial charge in [-0.1, -0.05) is 33.6 Å². The second-order valence-corrected chi connectivity index (χ2v) is 5.43. The zero-order valence-corrected chi connectivity index (χ0v) is 10.2. The van der Waals surface area contributed by atoms with Crippen molar-refractivity contribution in [3.63, 3.8) is 0 Å². The summed E-state index contributed by atoms with van der Waals surface area (Å²) in [4.78, 5) is 11.7. The molecule has 2 unspecified atom stereocenters. The van der Waals surface area contributed by atoms with Gasteiger partial charge in [0.25, 0.3) is 0 Å². The van der Waals surface area contributed by atoms with Gasteiger partial charge in [0.15, 0.2) is 0 Å². The van der Waals surface area contributed by atoms with Gasteiger partial charge in [0, 0.05) is 18.5 Å². The van der Waals surface area contributed by atoms with Crippen LogP contribution in [0.25, 0.3) is 0 Å². The fourth-order valence-electron chi connectivity index (χ4n) is 2.18. The van der Waals surface area contributed by atoms with E-state index in [4.69, 9.17) is 5.73 Å². The van der Waals surface area contributed by atoms with Crippen molar-refractivity contribution in [3.8, 4) is 0 Å². The fraction of sp³-hybridized carbons (Fsp3) is 0.917. The highest BCUT2D eigenvalue weighted by Crippen LogP contribution is 2.35. The van der Waals surface area contributed by atoms with Crippen molar-refractivity contribution in [1.82, 2.24) is 5.32 Å². The lowest BCUT2D eigenvalue weighted by atomic mass is 9.73. The van der Waals surface area contributed by atoms with E-state index in [9.17, 15) is 4.79 Å². The molecule has 15 heavy (non-hydrogen) atoms. The highest BCUT2D eigenvalue weighted by molar-refractivity contribution is 5.78. The first kappa shape index (κ1) is 12.5. The Morgan fingerprint density at radius 2 is 2.20 bits per heavy atom. The van der Waals surface area contributed by atoms with E-state index in [0.717, 1.165) is 6.42 Å². The molecule has 0 radical (unpaired) electrons. The summed E-state index contributed by atoms with van der Waals surface area (Å²) in [6, 6.07) is 0.327. The number of hydrogen-bond acceptors (Lipinski definition) is 2. The molecule has 0 spiro atoms. The predicted molar refractivity (Wildman–Crippen MR) is 62.4 cm³/mol. The van der Waals surface area contributed by atoms with E-state index < -0.39 is 0 Å². The fourth-order valence-corrected chi connectivity index (χ4v) is 2.18. The summed E-state index contributed by atoms with van der Waals surface area (Å²) in [5.74, 6) is 0.0419. The molecule has 1 aliphatic rings. The largest absolute Gasteiger partial charge is 0.353 e. The Balaban J connectivity index is 2.52. The summed E-state index contributed by atoms with van der Waals surface area (Å²) in [5, 5.41) is 3.14. The molecule has 0 saturated heterocycles. The lowest BCUT2D eigenvalue weighted by molar-refractivity contribution is -0.126. The monoisotopic (exact) mass is 212 g/mol. The van der Waals surface area contributed by atoms with E-state index in [1.165, 1.54) is 19.3 Å². The number of nitrogens with two attached hydrogens (primary N) is 1. The van der Waals surface area contributed by atoms with Crippen molar-refractivity contribution in [2.24, 2.45) is 17.1 Å². The van der Waals surface area contributed by atoms with Crippen LogP contribution in [0, 0.1) is 11.3 Å². The first-order chi connectivity index (χ1) is 6.97. The normalized spacial score (nSPS) is 27.1. The first-order valence-corrected chi connectivity index (χ1v) is 5.98. The summed E-state index contributed by atoms with van der Waals surface area (Å²) in [6.45, 7) is 6.79. The zero-order valence-electron chi connectivity index (χ0n) is 10.2. The lowest BCUT2D eigenvalue weighted by Crippen LogP contribution is -2.49. The number of carbonyl (C=O) groups excluding carboxylic acids is 1. The zero-order chi connectivity index (χ0) is 11.5. The Kier molecular flexibility index (Phi) is 4.14. The molecule has 1 fully saturated rings. The molecule has 0 bridgehead atoms. The standard InChI is InChI=1S/C12H24N2O/c1-9(8-13)11(15)14-10-6-4-5-7-12(10,2)3/h9-10H,4-8,13H2,1-3H3,(H,14,15). The second kappa shape index (κ2) is 4.97. The summed E-state index contributed by atoms with van der Waals surface area (Å²) in [5.41, 5.74) is 5.72. The van der Waals surface area contributed by atoms with Gasteiger partial charge in [-0.3, -0.25) is 4.79 Å². The maximum Gasteiger partial charge on any atom is 0.224 e. The van der Waals surface area contributed by atoms with Crippen LogP contribution in [0.15, 0.2) is 0 Å². The van der Waals surface area contributed by atoms with Crippen LogP contribution in [0.3, 0.4) is 0 Å². The van der Waals surface area contributed by atoms with Gasteiger partial charge in [0.1, 0.15) is 0 Å². The average molecular weight is 212 g/mol. The van der Waals surface area contributed by atoms with Crippen LogP contribution in [0.1, 0.15) is 46.5 Å². The SMILES string of the molecule is CC(CN)C(=O)NC1CCCCC1(C)C. The van der Waals surface area contributed by atoms with Crippen molar-refractivity contribution < 1.29 is 4.79 Å². The van der Waals surface area contributed by atoms with Gasteiger partial charge in [-0.15, -0.1) is 0 Å². The maximum atomic E-state index is 11.7. The predicted octanol–water partition coefficient (Wildman–Crippen LogP) is 1.67. The van der Waals surface area contributed by atoms with E-state index in [1.807, 2.05) is 6.92 Å². The maximum absolute atomic E-state index is 11.7. The van der Waals surface area contributed by atoms with Crippen molar-refractivity contribution in [2.45, 2.75) is 52.5 Å². The van der Waals surface area contributed by atoms with Crippen molar-refractivity contribution >= 4 is 5.91 Å². The molecule has 0 heterocycles. The smallest absolute Gasteiger partial charge is 0.224 e. The number of nitrogens with one attached hydrogen (secondary N) is 1. The highest BCUT2D eigenvalue weighted by Gasteiger charge is 2.33. The van der Waals surface area contributed by atoms with E-state index in [0.29, 0.717) is 12.6 Å². The van der Waals surface area contributed by atoms with Gasteiger partial charge in [-0.25, -0.2) is 0 Å². The summed E-state index contributed by atoms with van der Waals surface area (Å²) < 4.78 is 0. The third kappa shape index (κ3) is 3.20. The lowest BCUT2D eigenvalue weighted by Gasteiger charge is -2.39. The van der Waals surface area contributed by atoms with Gasteiger partial charge < -0.3 is 11.1 Å². The third-order valence-electron chi connectivity index (χ3n) is 3.62. The van der Waals surface area contributed by atoms with E-state index in [-0.39, 0.29) is 17.2 Å². The molecule has 2 atom stereocenters. The van der Waals surface area contributed by atoms with Crippen molar-refractivity contribution in [2.75, 3.05) is 6.54 Å². The number of hydrogen-bond donors (Lipinski definition) is 2. The summed E-state index contributed by atoms with van der Waals surface area (Å²) in [6.07, 6.45) is 4.82. The van der Waals surface area contributed by atoms with Crippen LogP contribution in [-0.4, -0.2) is 18.5 Å². The number of carbonyl (C=O) groups is 1. The van der Waals surface area contributed by atoms with Crippen LogP contribution in [-0.2, 0) is 4.79 Å². The van der Waals surface area contributed by atoms with E-state index >= 15 is 0 Å². The van der Waals surface area contributed by atoms with Crippen LogP contribution in [0.2, 0.25) is 0 Å². The van der Waals surface area contributed by atoms with Crippen LogP contribution >= 0.6 is 0 Å². The van der Waals surface area contributed by atoms with Crippen LogP contribution < -0.4 is 11.1 Å². The van der Waals surface area contributed by atoms with Crippen LogP contribution in [0.5, 0.6) is 0 Å². The molecule has 3 N–H and O–H groups in total. The van der Waals surface area contributed by atoms with Crippen molar-refractivity contribution in [1.29, 1.82) is 0 Å². The molecule has 88 valence electrons. The summed E-state index contributed by atoms with van der Waals surface area (Å²) in [7, 11) is 0. The Bertz CT molecular complexity index is 226. The van der Waals surface area contributed by atoms with Gasteiger partial charge in [-0.05, 0) is 18.3 Å². The quantitative estimate of drug-likeness (QED) is 0.747. The molecule has 1 amide bonds. The molecule has 3 nitrogen and oxygen atoms in total. The molecule has 1 saturated carbocycles.